The summed E-state index contributed by atoms with van der Waals surface area (Å²) in [6.45, 7) is 13.0. The average Bonchev–Trinajstić information content (AvgIpc) is 2.54. The smallest absolute Gasteiger partial charge is 0.0110 e. The van der Waals surface area contributed by atoms with E-state index >= 15 is 0 Å². The third-order valence-electron chi connectivity index (χ3n) is 9.63. The van der Waals surface area contributed by atoms with Gasteiger partial charge in [0.05, 0.1) is 0 Å². The molecule has 0 heteroatoms. The molecule has 7 unspecified atom stereocenters. The summed E-state index contributed by atoms with van der Waals surface area (Å²) >= 11 is 0. The normalized spacial score (nSPS) is 52.3. The maximum atomic E-state index is 2.70. The Kier molecular flexibility index (Phi) is 3.87. The number of fused-ring (bicyclic) bond motifs is 5. The summed E-state index contributed by atoms with van der Waals surface area (Å²) < 4.78 is 0. The van der Waals surface area contributed by atoms with Crippen molar-refractivity contribution in [2.24, 2.45) is 45.8 Å². The van der Waals surface area contributed by atoms with Crippen LogP contribution < -0.4 is 0 Å². The van der Waals surface area contributed by atoms with Crippen molar-refractivity contribution in [3.63, 3.8) is 0 Å². The Balaban J connectivity index is 1.71. The molecule has 4 rings (SSSR count). The molecule has 3 saturated carbocycles. The summed E-state index contributed by atoms with van der Waals surface area (Å²) in [5, 5.41) is 0. The van der Waals surface area contributed by atoms with E-state index in [1.165, 1.54) is 44.9 Å². The van der Waals surface area contributed by atoms with Crippen molar-refractivity contribution in [1.29, 1.82) is 0 Å². The lowest BCUT2D eigenvalue weighted by Crippen LogP contribution is -2.60. The Morgan fingerprint density at radius 2 is 1.50 bits per heavy atom. The zero-order chi connectivity index (χ0) is 17.2. The van der Waals surface area contributed by atoms with Gasteiger partial charge in [0.15, 0.2) is 0 Å². The molecule has 0 radical (unpaired) electrons. The van der Waals surface area contributed by atoms with Crippen molar-refractivity contribution in [3.05, 3.63) is 24.3 Å². The second-order valence-electron chi connectivity index (χ2n) is 10.7. The Labute approximate surface area is 150 Å². The maximum absolute atomic E-state index is 2.70. The Bertz CT molecular complexity index is 552. The van der Waals surface area contributed by atoms with E-state index in [4.69, 9.17) is 0 Å². The third kappa shape index (κ3) is 2.10. The molecular formula is C24H38. The van der Waals surface area contributed by atoms with E-state index in [9.17, 15) is 0 Å². The number of allylic oxidation sites excluding steroid dienone is 4. The van der Waals surface area contributed by atoms with Gasteiger partial charge in [-0.05, 0) is 84.4 Å². The van der Waals surface area contributed by atoms with Gasteiger partial charge in [0, 0.05) is 0 Å². The van der Waals surface area contributed by atoms with Gasteiger partial charge >= 0.3 is 0 Å². The van der Waals surface area contributed by atoms with E-state index in [0.717, 1.165) is 29.6 Å². The first-order valence-corrected chi connectivity index (χ1v) is 10.7. The lowest BCUT2D eigenvalue weighted by Gasteiger charge is -2.67. The Hall–Kier alpha value is -0.520. The van der Waals surface area contributed by atoms with Gasteiger partial charge in [0.1, 0.15) is 0 Å². The minimum atomic E-state index is 0.530. The summed E-state index contributed by atoms with van der Waals surface area (Å²) in [5.41, 5.74) is 1.63. The van der Waals surface area contributed by atoms with Crippen molar-refractivity contribution in [1.82, 2.24) is 0 Å². The monoisotopic (exact) mass is 326 g/mol. The van der Waals surface area contributed by atoms with E-state index in [2.05, 4.69) is 58.9 Å². The summed E-state index contributed by atoms with van der Waals surface area (Å²) in [7, 11) is 0. The second-order valence-corrected chi connectivity index (χ2v) is 10.7. The first kappa shape index (κ1) is 16.9. The fourth-order valence-corrected chi connectivity index (χ4v) is 8.45. The van der Waals surface area contributed by atoms with Crippen molar-refractivity contribution >= 4 is 0 Å². The van der Waals surface area contributed by atoms with Crippen LogP contribution >= 0.6 is 0 Å². The minimum absolute atomic E-state index is 0.530. The first-order chi connectivity index (χ1) is 11.3. The van der Waals surface area contributed by atoms with Crippen molar-refractivity contribution in [2.45, 2.75) is 79.6 Å². The molecule has 0 spiro atoms. The van der Waals surface area contributed by atoms with Gasteiger partial charge in [-0.1, -0.05) is 65.3 Å². The van der Waals surface area contributed by atoms with Crippen LogP contribution in [0.25, 0.3) is 0 Å². The topological polar surface area (TPSA) is 0 Å². The van der Waals surface area contributed by atoms with Crippen molar-refractivity contribution < 1.29 is 0 Å². The van der Waals surface area contributed by atoms with Crippen LogP contribution in [0.15, 0.2) is 24.3 Å². The highest BCUT2D eigenvalue weighted by Crippen LogP contribution is 2.70. The lowest BCUT2D eigenvalue weighted by molar-refractivity contribution is -0.178. The standard InChI is InChI=1S/C24H38/c1-6-18-13-15-24(5)20(22(18,2)3)14-16-23(4)19-10-8-7-9-17(19)11-12-21(23)24/h7-10,17-21H,6,11-16H2,1-5H3. The predicted molar refractivity (Wildman–Crippen MR) is 104 cm³/mol. The second kappa shape index (κ2) is 5.49. The largest absolute Gasteiger partial charge is 0.0808 e. The van der Waals surface area contributed by atoms with Crippen molar-refractivity contribution in [2.75, 3.05) is 0 Å². The van der Waals surface area contributed by atoms with E-state index in [1.807, 2.05) is 0 Å². The molecule has 134 valence electrons. The summed E-state index contributed by atoms with van der Waals surface area (Å²) in [6, 6.07) is 0. The first-order valence-electron chi connectivity index (χ1n) is 10.7. The molecule has 7 atom stereocenters. The number of rotatable bonds is 1. The van der Waals surface area contributed by atoms with Gasteiger partial charge in [-0.2, -0.15) is 0 Å². The molecule has 0 heterocycles. The van der Waals surface area contributed by atoms with Gasteiger partial charge in [-0.15, -0.1) is 0 Å². The quantitative estimate of drug-likeness (QED) is 0.485. The predicted octanol–water partition coefficient (Wildman–Crippen LogP) is 7.02. The van der Waals surface area contributed by atoms with E-state index < -0.39 is 0 Å². The molecule has 0 amide bonds. The van der Waals surface area contributed by atoms with E-state index in [1.54, 1.807) is 0 Å². The third-order valence-corrected chi connectivity index (χ3v) is 9.63. The van der Waals surface area contributed by atoms with Crippen LogP contribution in [0.3, 0.4) is 0 Å². The highest BCUT2D eigenvalue weighted by atomic mass is 14.7. The molecule has 4 aliphatic carbocycles. The zero-order valence-electron chi connectivity index (χ0n) is 16.6. The van der Waals surface area contributed by atoms with Crippen LogP contribution in [0, 0.1) is 45.8 Å². The molecule has 24 heavy (non-hydrogen) atoms. The molecule has 4 aliphatic rings. The van der Waals surface area contributed by atoms with E-state index in [0.29, 0.717) is 16.2 Å². The molecule has 0 N–H and O–H groups in total. The van der Waals surface area contributed by atoms with Crippen LogP contribution in [-0.2, 0) is 0 Å². The summed E-state index contributed by atoms with van der Waals surface area (Å²) in [6.07, 6.45) is 19.9. The molecule has 0 aromatic carbocycles. The van der Waals surface area contributed by atoms with Gasteiger partial charge < -0.3 is 0 Å². The highest BCUT2D eigenvalue weighted by molar-refractivity contribution is 5.22. The van der Waals surface area contributed by atoms with Crippen LogP contribution in [0.4, 0.5) is 0 Å². The molecule has 0 aromatic rings. The van der Waals surface area contributed by atoms with Gasteiger partial charge in [-0.25, -0.2) is 0 Å². The van der Waals surface area contributed by atoms with Crippen molar-refractivity contribution in [3.8, 4) is 0 Å². The summed E-state index contributed by atoms with van der Waals surface area (Å²) in [5.74, 6) is 4.41. The van der Waals surface area contributed by atoms with Gasteiger partial charge in [0.25, 0.3) is 0 Å². The highest BCUT2D eigenvalue weighted by Gasteiger charge is 2.62. The van der Waals surface area contributed by atoms with Crippen LogP contribution in [-0.4, -0.2) is 0 Å². The fraction of sp³-hybridized carbons (Fsp3) is 0.833. The molecule has 0 aliphatic heterocycles. The lowest BCUT2D eigenvalue weighted by atomic mass is 9.37. The zero-order valence-corrected chi connectivity index (χ0v) is 16.6. The molecule has 0 nitrogen and oxygen atoms in total. The summed E-state index contributed by atoms with van der Waals surface area (Å²) in [4.78, 5) is 0. The molecule has 3 fully saturated rings. The number of hydrogen-bond acceptors (Lipinski definition) is 0. The molecule has 0 saturated heterocycles. The Morgan fingerprint density at radius 1 is 0.792 bits per heavy atom. The Morgan fingerprint density at radius 3 is 2.25 bits per heavy atom. The van der Waals surface area contributed by atoms with Gasteiger partial charge in [0.2, 0.25) is 0 Å². The molecule has 0 bridgehead atoms. The van der Waals surface area contributed by atoms with E-state index in [-0.39, 0.29) is 0 Å². The van der Waals surface area contributed by atoms with Crippen LogP contribution in [0.1, 0.15) is 79.6 Å². The average molecular weight is 327 g/mol. The SMILES string of the molecule is CCC1CCC2(C)C(CCC3(C)C4C=CC=CC4CCC32)C1(C)C. The van der Waals surface area contributed by atoms with Crippen LogP contribution in [0.5, 0.6) is 0 Å². The van der Waals surface area contributed by atoms with Crippen LogP contribution in [0.2, 0.25) is 0 Å². The fourth-order valence-electron chi connectivity index (χ4n) is 8.45. The molecule has 0 aromatic heterocycles. The maximum Gasteiger partial charge on any atom is -0.0110 e. The minimum Gasteiger partial charge on any atom is -0.0808 e. The number of hydrogen-bond donors (Lipinski definition) is 0. The van der Waals surface area contributed by atoms with Gasteiger partial charge in [-0.3, -0.25) is 0 Å². The molecular weight excluding hydrogens is 288 g/mol.